The van der Waals surface area contributed by atoms with Crippen LogP contribution < -0.4 is 5.32 Å². The lowest BCUT2D eigenvalue weighted by Crippen LogP contribution is -2.35. The number of nitrogens with one attached hydrogen (secondary N) is 1. The highest BCUT2D eigenvalue weighted by atomic mass is 31.2. The van der Waals surface area contributed by atoms with Crippen molar-refractivity contribution >= 4 is 33.0 Å². The van der Waals surface area contributed by atoms with E-state index in [1.807, 2.05) is 6.07 Å². The van der Waals surface area contributed by atoms with Crippen LogP contribution in [-0.2, 0) is 34.8 Å². The highest BCUT2D eigenvalue weighted by Crippen LogP contribution is 2.51. The Labute approximate surface area is 184 Å². The molecule has 2 atom stereocenters. The third-order valence-corrected chi connectivity index (χ3v) is 7.54. The predicted octanol–water partition coefficient (Wildman–Crippen LogP) is 1.73. The van der Waals surface area contributed by atoms with Crippen LogP contribution in [0.2, 0.25) is 0 Å². The van der Waals surface area contributed by atoms with E-state index in [0.29, 0.717) is 0 Å². The van der Waals surface area contributed by atoms with Crippen LogP contribution in [0, 0.1) is 5.41 Å². The second kappa shape index (κ2) is 12.1. The minimum absolute atomic E-state index is 0.0314. The van der Waals surface area contributed by atoms with Crippen LogP contribution in [-0.4, -0.2) is 63.0 Å². The summed E-state index contributed by atoms with van der Waals surface area (Å²) in [5.74, 6) is -2.38. The van der Waals surface area contributed by atoms with Gasteiger partial charge in [-0.25, -0.2) is 4.79 Å². The maximum atomic E-state index is 12.3. The maximum absolute atomic E-state index is 12.3. The maximum Gasteiger partial charge on any atom is 0.410 e. The summed E-state index contributed by atoms with van der Waals surface area (Å²) in [5.41, 5.74) is -1.33. The number of carboxylic acids is 1. The Kier molecular flexibility index (Phi) is 10.5. The van der Waals surface area contributed by atoms with Gasteiger partial charge in [-0.2, -0.15) is 0 Å². The van der Waals surface area contributed by atoms with Gasteiger partial charge in [0.15, 0.2) is 6.73 Å². The Morgan fingerprint density at radius 2 is 1.66 bits per heavy atom. The van der Waals surface area contributed by atoms with Crippen molar-refractivity contribution in [3.8, 4) is 0 Å². The van der Waals surface area contributed by atoms with Crippen LogP contribution in [0.5, 0.6) is 0 Å². The van der Waals surface area contributed by atoms with Gasteiger partial charge < -0.3 is 29.3 Å². The van der Waals surface area contributed by atoms with Gasteiger partial charge in [0.05, 0.1) is 11.6 Å². The summed E-state index contributed by atoms with van der Waals surface area (Å²) < 4.78 is 33.2. The Hall–Kier alpha value is -2.23. The average Bonchev–Trinajstić information content (AvgIpc) is 2.65. The number of carboxylic acid groups (broad SMARTS) is 1. The molecule has 0 aromatic heterocycles. The molecule has 1 amide bonds. The first kappa shape index (κ1) is 27.8. The molecule has 0 aliphatic heterocycles. The third-order valence-electron chi connectivity index (χ3n) is 4.22. The van der Waals surface area contributed by atoms with Crippen molar-refractivity contribution in [1.82, 2.24) is 5.32 Å². The van der Waals surface area contributed by atoms with Crippen LogP contribution in [0.3, 0.4) is 0 Å². The lowest BCUT2D eigenvalue weighted by Gasteiger charge is -2.27. The van der Waals surface area contributed by atoms with E-state index in [0.717, 1.165) is 12.5 Å². The third kappa shape index (κ3) is 11.4. The van der Waals surface area contributed by atoms with Gasteiger partial charge in [-0.3, -0.25) is 24.0 Å². The van der Waals surface area contributed by atoms with E-state index in [-0.39, 0.29) is 19.4 Å². The van der Waals surface area contributed by atoms with Gasteiger partial charge in [0.25, 0.3) is 0 Å². The zero-order valence-electron chi connectivity index (χ0n) is 17.4. The first-order valence-corrected chi connectivity index (χ1v) is 13.2. The lowest BCUT2D eigenvalue weighted by atomic mass is 9.97. The molecule has 5 N–H and O–H groups in total. The fourth-order valence-electron chi connectivity index (χ4n) is 2.76. The number of carbonyl (C=O) groups is 3. The number of amides is 1. The molecule has 12 nitrogen and oxygen atoms in total. The Morgan fingerprint density at radius 1 is 1.03 bits per heavy atom. The quantitative estimate of drug-likeness (QED) is 0.152. The van der Waals surface area contributed by atoms with Gasteiger partial charge in [0, 0.05) is 18.7 Å². The molecule has 32 heavy (non-hydrogen) atoms. The highest BCUT2D eigenvalue weighted by Gasteiger charge is 2.44. The predicted molar refractivity (Wildman–Crippen MR) is 112 cm³/mol. The van der Waals surface area contributed by atoms with Crippen molar-refractivity contribution < 1.29 is 52.8 Å². The number of hydrogen-bond acceptors (Lipinski definition) is 7. The zero-order valence-corrected chi connectivity index (χ0v) is 19.2. The molecule has 0 aliphatic carbocycles. The van der Waals surface area contributed by atoms with E-state index in [4.69, 9.17) is 19.3 Å². The number of rotatable bonds is 13. The fourth-order valence-corrected chi connectivity index (χ4v) is 6.24. The number of ether oxygens (including phenoxy) is 2. The van der Waals surface area contributed by atoms with Crippen molar-refractivity contribution in [2.45, 2.75) is 26.4 Å². The molecule has 0 spiro atoms. The Bertz CT molecular complexity index is 886. The first-order chi connectivity index (χ1) is 14.7. The molecule has 0 heterocycles. The molecular weight excluding hydrogens is 468 g/mol. The van der Waals surface area contributed by atoms with E-state index in [1.54, 1.807) is 24.3 Å². The second-order valence-electron chi connectivity index (χ2n) is 7.42. The van der Waals surface area contributed by atoms with Crippen molar-refractivity contribution in [3.63, 3.8) is 0 Å². The summed E-state index contributed by atoms with van der Waals surface area (Å²) in [6.45, 7) is 0.542. The molecule has 0 saturated carbocycles. The standard InChI is InChI=1S/C18H27NO11P2/c1-18(16(21)22,12-32(26,27)28)11-31(24,25)9-5-8-15(20)30-13-19-17(23)29-10-14-6-3-2-4-7-14/h2-4,6-7H,5,8-13H2,1H3,(H,19,23)(H,21,22)(H,24,25)(H2,26,27,28)/t18-/m0/s1. The fraction of sp³-hybridized carbons (Fsp3) is 0.500. The van der Waals surface area contributed by atoms with Crippen LogP contribution in [0.25, 0.3) is 0 Å². The molecular formula is C18H27NO11P2. The number of carbonyl (C=O) groups excluding carboxylic acids is 2. The molecule has 1 rings (SSSR count). The normalized spacial score (nSPS) is 15.1. The number of benzene rings is 1. The smallest absolute Gasteiger partial charge is 0.410 e. The van der Waals surface area contributed by atoms with Crippen molar-refractivity contribution in [2.75, 3.05) is 25.2 Å². The summed E-state index contributed by atoms with van der Waals surface area (Å²) in [6.07, 6.45) is -3.61. The van der Waals surface area contributed by atoms with E-state index < -0.39 is 63.6 Å². The van der Waals surface area contributed by atoms with Crippen molar-refractivity contribution in [1.29, 1.82) is 0 Å². The number of hydrogen-bond donors (Lipinski definition) is 5. The van der Waals surface area contributed by atoms with E-state index in [1.165, 1.54) is 0 Å². The molecule has 0 fully saturated rings. The molecule has 1 aromatic carbocycles. The largest absolute Gasteiger partial charge is 0.481 e. The molecule has 180 valence electrons. The minimum Gasteiger partial charge on any atom is -0.481 e. The number of alkyl carbamates (subject to hydrolysis) is 1. The summed E-state index contributed by atoms with van der Waals surface area (Å²) >= 11 is 0. The Morgan fingerprint density at radius 3 is 2.22 bits per heavy atom. The van der Waals surface area contributed by atoms with Crippen molar-refractivity contribution in [3.05, 3.63) is 35.9 Å². The highest BCUT2D eigenvalue weighted by molar-refractivity contribution is 7.58. The summed E-state index contributed by atoms with van der Waals surface area (Å²) in [7, 11) is -8.86. The van der Waals surface area contributed by atoms with E-state index in [9.17, 15) is 33.5 Å². The van der Waals surface area contributed by atoms with Crippen molar-refractivity contribution in [2.24, 2.45) is 5.41 Å². The number of esters is 1. The van der Waals surface area contributed by atoms with E-state index in [2.05, 4.69) is 5.32 Å². The molecule has 1 unspecified atom stereocenters. The summed E-state index contributed by atoms with van der Waals surface area (Å²) in [6, 6.07) is 8.90. The summed E-state index contributed by atoms with van der Waals surface area (Å²) in [5, 5.41) is 11.4. The van der Waals surface area contributed by atoms with Crippen LogP contribution in [0.4, 0.5) is 4.79 Å². The van der Waals surface area contributed by atoms with E-state index >= 15 is 0 Å². The van der Waals surface area contributed by atoms with Gasteiger partial charge in [-0.15, -0.1) is 0 Å². The SMILES string of the molecule is C[C@@](CP(=O)(O)O)(CP(=O)(O)CCCC(=O)OCNC(=O)OCc1ccccc1)C(=O)O. The molecule has 0 saturated heterocycles. The van der Waals surface area contributed by atoms with Crippen LogP contribution in [0.15, 0.2) is 30.3 Å². The van der Waals surface area contributed by atoms with Crippen LogP contribution >= 0.6 is 15.0 Å². The average molecular weight is 495 g/mol. The lowest BCUT2D eigenvalue weighted by molar-refractivity contribution is -0.146. The van der Waals surface area contributed by atoms with Gasteiger partial charge in [-0.1, -0.05) is 30.3 Å². The Balaban J connectivity index is 2.34. The van der Waals surface area contributed by atoms with Gasteiger partial charge in [0.2, 0.25) is 7.37 Å². The van der Waals surface area contributed by atoms with Gasteiger partial charge >= 0.3 is 25.6 Å². The zero-order chi connectivity index (χ0) is 24.4. The van der Waals surface area contributed by atoms with Crippen LogP contribution in [0.1, 0.15) is 25.3 Å². The molecule has 14 heteroatoms. The number of aliphatic carboxylic acids is 1. The molecule has 1 aromatic rings. The first-order valence-electron chi connectivity index (χ1n) is 9.41. The molecule has 0 aliphatic rings. The molecule has 0 radical (unpaired) electrons. The van der Waals surface area contributed by atoms with Gasteiger partial charge in [-0.05, 0) is 18.9 Å². The minimum atomic E-state index is -4.74. The second-order valence-corrected chi connectivity index (χ2v) is 11.5. The molecule has 0 bridgehead atoms. The monoisotopic (exact) mass is 495 g/mol. The topological polar surface area (TPSA) is 197 Å². The van der Waals surface area contributed by atoms with Gasteiger partial charge in [0.1, 0.15) is 6.61 Å². The summed E-state index contributed by atoms with van der Waals surface area (Å²) in [4.78, 5) is 62.7.